The molecule has 0 bridgehead atoms. The van der Waals surface area contributed by atoms with Crippen molar-refractivity contribution in [1.82, 2.24) is 9.78 Å². The Hall–Kier alpha value is -3.41. The van der Waals surface area contributed by atoms with Crippen LogP contribution in [-0.2, 0) is 0 Å². The number of aryl methyl sites for hydroxylation is 1. The van der Waals surface area contributed by atoms with Crippen molar-refractivity contribution in [1.29, 1.82) is 0 Å². The van der Waals surface area contributed by atoms with Gasteiger partial charge < -0.3 is 11.1 Å². The van der Waals surface area contributed by atoms with Crippen molar-refractivity contribution in [2.45, 2.75) is 6.92 Å². The van der Waals surface area contributed by atoms with Gasteiger partial charge in [0.2, 0.25) is 5.91 Å². The lowest BCUT2D eigenvalue weighted by Crippen LogP contribution is -2.15. The quantitative estimate of drug-likeness (QED) is 0.774. The first-order chi connectivity index (χ1) is 11.5. The van der Waals surface area contributed by atoms with Gasteiger partial charge in [0.1, 0.15) is 0 Å². The molecular formula is C18H16N4O2. The fourth-order valence-corrected chi connectivity index (χ4v) is 2.36. The van der Waals surface area contributed by atoms with E-state index in [9.17, 15) is 9.59 Å². The van der Waals surface area contributed by atoms with Crippen molar-refractivity contribution in [3.8, 4) is 5.69 Å². The summed E-state index contributed by atoms with van der Waals surface area (Å²) in [5.41, 5.74) is 8.08. The number of hydrogen-bond acceptors (Lipinski definition) is 3. The van der Waals surface area contributed by atoms with Crippen LogP contribution >= 0.6 is 0 Å². The monoisotopic (exact) mass is 320 g/mol. The minimum atomic E-state index is -0.546. The molecule has 3 aromatic rings. The van der Waals surface area contributed by atoms with E-state index >= 15 is 0 Å². The summed E-state index contributed by atoms with van der Waals surface area (Å²) < 4.78 is 1.70. The highest BCUT2D eigenvalue weighted by Gasteiger charge is 2.14. The topological polar surface area (TPSA) is 90.0 Å². The number of nitrogens with two attached hydrogens (primary N) is 1. The first-order valence-corrected chi connectivity index (χ1v) is 7.38. The molecule has 0 aliphatic rings. The summed E-state index contributed by atoms with van der Waals surface area (Å²) in [5, 5.41) is 7.07. The molecule has 3 N–H and O–H groups in total. The molecule has 0 unspecified atom stereocenters. The van der Waals surface area contributed by atoms with E-state index in [4.69, 9.17) is 5.73 Å². The van der Waals surface area contributed by atoms with Gasteiger partial charge in [-0.25, -0.2) is 4.68 Å². The molecule has 2 aromatic carbocycles. The van der Waals surface area contributed by atoms with Gasteiger partial charge in [0, 0.05) is 16.9 Å². The Kier molecular flexibility index (Phi) is 4.11. The molecule has 1 aromatic heterocycles. The highest BCUT2D eigenvalue weighted by atomic mass is 16.2. The van der Waals surface area contributed by atoms with Crippen LogP contribution in [-0.4, -0.2) is 21.6 Å². The third-order valence-corrected chi connectivity index (χ3v) is 3.53. The van der Waals surface area contributed by atoms with Gasteiger partial charge in [-0.3, -0.25) is 9.59 Å². The number of amides is 2. The number of aromatic nitrogens is 2. The van der Waals surface area contributed by atoms with Crippen LogP contribution in [0.2, 0.25) is 0 Å². The normalized spacial score (nSPS) is 10.4. The van der Waals surface area contributed by atoms with Crippen LogP contribution in [0.15, 0.2) is 60.7 Å². The molecule has 1 heterocycles. The zero-order chi connectivity index (χ0) is 17.1. The summed E-state index contributed by atoms with van der Waals surface area (Å²) in [5.74, 6) is -0.898. The van der Waals surface area contributed by atoms with Gasteiger partial charge >= 0.3 is 0 Å². The Morgan fingerprint density at radius 2 is 1.79 bits per heavy atom. The molecule has 24 heavy (non-hydrogen) atoms. The molecule has 0 fully saturated rings. The third-order valence-electron chi connectivity index (χ3n) is 3.53. The zero-order valence-corrected chi connectivity index (χ0v) is 13.1. The fourth-order valence-electron chi connectivity index (χ4n) is 2.36. The highest BCUT2D eigenvalue weighted by Crippen LogP contribution is 2.15. The summed E-state index contributed by atoms with van der Waals surface area (Å²) >= 11 is 0. The fraction of sp³-hybridized carbons (Fsp3) is 0.0556. The SMILES string of the molecule is Cc1cc(C(=O)Nc2cccc(C(N)=O)c2)nn1-c1ccccc1. The predicted octanol–water partition coefficient (Wildman–Crippen LogP) is 2.53. The lowest BCUT2D eigenvalue weighted by Gasteiger charge is -2.05. The first kappa shape index (κ1) is 15.5. The van der Waals surface area contributed by atoms with Gasteiger partial charge in [-0.15, -0.1) is 0 Å². The van der Waals surface area contributed by atoms with Crippen LogP contribution in [0, 0.1) is 6.92 Å². The molecule has 0 spiro atoms. The molecule has 6 nitrogen and oxygen atoms in total. The number of primary amides is 1. The van der Waals surface area contributed by atoms with Gasteiger partial charge in [-0.1, -0.05) is 24.3 Å². The lowest BCUT2D eigenvalue weighted by molar-refractivity contribution is 0.0995. The maximum absolute atomic E-state index is 12.4. The molecule has 120 valence electrons. The number of anilines is 1. The van der Waals surface area contributed by atoms with Gasteiger partial charge in [-0.05, 0) is 43.3 Å². The maximum atomic E-state index is 12.4. The minimum Gasteiger partial charge on any atom is -0.366 e. The van der Waals surface area contributed by atoms with Crippen LogP contribution in [0.1, 0.15) is 26.5 Å². The van der Waals surface area contributed by atoms with Crippen LogP contribution in [0.5, 0.6) is 0 Å². The summed E-state index contributed by atoms with van der Waals surface area (Å²) in [6.07, 6.45) is 0. The molecule has 0 radical (unpaired) electrons. The second-order valence-corrected chi connectivity index (χ2v) is 5.32. The molecule has 3 rings (SSSR count). The van der Waals surface area contributed by atoms with Gasteiger partial charge in [0.05, 0.1) is 5.69 Å². The molecule has 0 saturated carbocycles. The van der Waals surface area contributed by atoms with Crippen LogP contribution in [0.4, 0.5) is 5.69 Å². The summed E-state index contributed by atoms with van der Waals surface area (Å²) in [6, 6.07) is 17.7. The van der Waals surface area contributed by atoms with Crippen molar-refractivity contribution in [3.05, 3.63) is 77.6 Å². The van der Waals surface area contributed by atoms with E-state index in [2.05, 4.69) is 10.4 Å². The van der Waals surface area contributed by atoms with E-state index in [0.29, 0.717) is 16.9 Å². The van der Waals surface area contributed by atoms with Gasteiger partial charge in [0.25, 0.3) is 5.91 Å². The maximum Gasteiger partial charge on any atom is 0.276 e. The van der Waals surface area contributed by atoms with E-state index in [1.165, 1.54) is 6.07 Å². The molecular weight excluding hydrogens is 304 g/mol. The molecule has 6 heteroatoms. The van der Waals surface area contributed by atoms with E-state index in [0.717, 1.165) is 11.4 Å². The number of para-hydroxylation sites is 1. The van der Waals surface area contributed by atoms with Crippen molar-refractivity contribution in [2.24, 2.45) is 5.73 Å². The van der Waals surface area contributed by atoms with Crippen LogP contribution < -0.4 is 11.1 Å². The first-order valence-electron chi connectivity index (χ1n) is 7.38. The average molecular weight is 320 g/mol. The third kappa shape index (κ3) is 3.17. The Balaban J connectivity index is 1.84. The van der Waals surface area contributed by atoms with Crippen molar-refractivity contribution >= 4 is 17.5 Å². The summed E-state index contributed by atoms with van der Waals surface area (Å²) in [6.45, 7) is 1.88. The average Bonchev–Trinajstić information content (AvgIpc) is 2.98. The van der Waals surface area contributed by atoms with Gasteiger partial charge in [-0.2, -0.15) is 5.10 Å². The molecule has 0 aliphatic carbocycles. The van der Waals surface area contributed by atoms with Crippen molar-refractivity contribution in [2.75, 3.05) is 5.32 Å². The van der Waals surface area contributed by atoms with Gasteiger partial charge in [0.15, 0.2) is 5.69 Å². The summed E-state index contributed by atoms with van der Waals surface area (Å²) in [7, 11) is 0. The van der Waals surface area contributed by atoms with E-state index in [1.54, 1.807) is 28.9 Å². The number of hydrogen-bond donors (Lipinski definition) is 2. The molecule has 0 atom stereocenters. The largest absolute Gasteiger partial charge is 0.366 e. The van der Waals surface area contributed by atoms with E-state index in [-0.39, 0.29) is 5.91 Å². The zero-order valence-electron chi connectivity index (χ0n) is 13.1. The second-order valence-electron chi connectivity index (χ2n) is 5.32. The number of benzene rings is 2. The van der Waals surface area contributed by atoms with E-state index in [1.807, 2.05) is 37.3 Å². The molecule has 2 amide bonds. The Labute approximate surface area is 138 Å². The molecule has 0 saturated heterocycles. The Bertz CT molecular complexity index is 900. The minimum absolute atomic E-state index is 0.292. The van der Waals surface area contributed by atoms with Crippen LogP contribution in [0.3, 0.4) is 0 Å². The lowest BCUT2D eigenvalue weighted by atomic mass is 10.2. The number of carbonyl (C=O) groups excluding carboxylic acids is 2. The standard InChI is InChI=1S/C18H16N4O2/c1-12-10-16(21-22(12)15-8-3-2-4-9-15)18(24)20-14-7-5-6-13(11-14)17(19)23/h2-11H,1H3,(H2,19,23)(H,20,24). The summed E-state index contributed by atoms with van der Waals surface area (Å²) in [4.78, 5) is 23.6. The second kappa shape index (κ2) is 6.37. The Morgan fingerprint density at radius 3 is 2.50 bits per heavy atom. The van der Waals surface area contributed by atoms with Crippen molar-refractivity contribution < 1.29 is 9.59 Å². The smallest absolute Gasteiger partial charge is 0.276 e. The van der Waals surface area contributed by atoms with E-state index < -0.39 is 5.91 Å². The number of nitrogens with one attached hydrogen (secondary N) is 1. The Morgan fingerprint density at radius 1 is 1.04 bits per heavy atom. The highest BCUT2D eigenvalue weighted by molar-refractivity contribution is 6.03. The molecule has 0 aliphatic heterocycles. The van der Waals surface area contributed by atoms with Crippen LogP contribution in [0.25, 0.3) is 5.69 Å². The number of rotatable bonds is 4. The van der Waals surface area contributed by atoms with Crippen molar-refractivity contribution in [3.63, 3.8) is 0 Å². The number of nitrogens with zero attached hydrogens (tertiary/aromatic N) is 2. The number of carbonyl (C=O) groups is 2. The predicted molar refractivity (Wildman–Crippen MR) is 91.2 cm³/mol.